The molecule has 3 heterocycles. The van der Waals surface area contributed by atoms with Crippen LogP contribution in [0.3, 0.4) is 0 Å². The highest BCUT2D eigenvalue weighted by Gasteiger charge is 2.31. The van der Waals surface area contributed by atoms with Crippen LogP contribution in [0, 0.1) is 13.8 Å². The van der Waals surface area contributed by atoms with Crippen molar-refractivity contribution < 1.29 is 9.90 Å². The second kappa shape index (κ2) is 5.64. The maximum Gasteiger partial charge on any atom is 0.339 e. The summed E-state index contributed by atoms with van der Waals surface area (Å²) in [6, 6.07) is 2.41. The largest absolute Gasteiger partial charge is 0.478 e. The molecular weight excluding hydrogens is 266 g/mol. The van der Waals surface area contributed by atoms with Crippen molar-refractivity contribution in [3.8, 4) is 0 Å². The minimum atomic E-state index is -0.873. The number of fused-ring (bicyclic) bond motifs is 1. The Balaban J connectivity index is 1.97. The van der Waals surface area contributed by atoms with Gasteiger partial charge in [-0.05, 0) is 51.3 Å². The maximum absolute atomic E-state index is 11.6. The number of anilines is 1. The van der Waals surface area contributed by atoms with Gasteiger partial charge in [0.05, 0.1) is 0 Å². The first-order valence-corrected chi connectivity index (χ1v) is 7.77. The van der Waals surface area contributed by atoms with E-state index in [4.69, 9.17) is 0 Å². The Kier molecular flexibility index (Phi) is 3.85. The number of rotatable bonds is 2. The molecule has 0 spiro atoms. The molecule has 2 fully saturated rings. The van der Waals surface area contributed by atoms with Crippen molar-refractivity contribution in [3.63, 3.8) is 0 Å². The number of aryl methyl sites for hydroxylation is 2. The lowest BCUT2D eigenvalue weighted by Gasteiger charge is -2.28. The van der Waals surface area contributed by atoms with E-state index in [1.165, 1.54) is 19.4 Å². The van der Waals surface area contributed by atoms with E-state index in [9.17, 15) is 9.90 Å². The average Bonchev–Trinajstić information content (AvgIpc) is 2.74. The summed E-state index contributed by atoms with van der Waals surface area (Å²) in [5, 5.41) is 9.55. The molecule has 0 aromatic carbocycles. The van der Waals surface area contributed by atoms with E-state index in [1.807, 2.05) is 19.9 Å². The Labute approximate surface area is 125 Å². The van der Waals surface area contributed by atoms with Crippen molar-refractivity contribution >= 4 is 11.8 Å². The number of aromatic carboxylic acids is 1. The zero-order valence-electron chi connectivity index (χ0n) is 12.8. The van der Waals surface area contributed by atoms with E-state index in [0.717, 1.165) is 37.3 Å². The molecule has 2 saturated heterocycles. The van der Waals surface area contributed by atoms with E-state index in [2.05, 4.69) is 14.8 Å². The van der Waals surface area contributed by atoms with Gasteiger partial charge in [-0.15, -0.1) is 0 Å². The van der Waals surface area contributed by atoms with Gasteiger partial charge in [0.25, 0.3) is 0 Å². The molecule has 1 atom stereocenters. The summed E-state index contributed by atoms with van der Waals surface area (Å²) >= 11 is 0. The lowest BCUT2D eigenvalue weighted by molar-refractivity contribution is 0.0696. The normalized spacial score (nSPS) is 23.0. The molecule has 1 unspecified atom stereocenters. The van der Waals surface area contributed by atoms with Gasteiger partial charge in [-0.1, -0.05) is 0 Å². The highest BCUT2D eigenvalue weighted by Crippen LogP contribution is 2.28. The number of carbonyl (C=O) groups is 1. The fourth-order valence-electron chi connectivity index (χ4n) is 3.71. The second-order valence-corrected chi connectivity index (χ2v) is 6.22. The molecule has 0 aliphatic carbocycles. The Hall–Kier alpha value is -1.62. The molecule has 2 aliphatic heterocycles. The molecule has 21 heavy (non-hydrogen) atoms. The summed E-state index contributed by atoms with van der Waals surface area (Å²) in [6.07, 6.45) is 3.54. The van der Waals surface area contributed by atoms with Crippen LogP contribution >= 0.6 is 0 Å². The van der Waals surface area contributed by atoms with Gasteiger partial charge >= 0.3 is 5.97 Å². The van der Waals surface area contributed by atoms with Crippen molar-refractivity contribution in [2.75, 3.05) is 31.1 Å². The standard InChI is InChI=1S/C16H23N3O2/c1-11-9-12(2)17-15(14(11)16(20)21)19-8-4-7-18-6-3-5-13(18)10-19/h9,13H,3-8,10H2,1-2H3,(H,20,21). The first-order valence-electron chi connectivity index (χ1n) is 7.77. The molecule has 0 bridgehead atoms. The summed E-state index contributed by atoms with van der Waals surface area (Å²) in [6.45, 7) is 7.89. The minimum Gasteiger partial charge on any atom is -0.478 e. The van der Waals surface area contributed by atoms with Gasteiger partial charge in [-0.3, -0.25) is 4.90 Å². The zero-order chi connectivity index (χ0) is 15.0. The number of hydrogen-bond acceptors (Lipinski definition) is 4. The van der Waals surface area contributed by atoms with Crippen LogP contribution in [-0.2, 0) is 0 Å². The highest BCUT2D eigenvalue weighted by molar-refractivity contribution is 5.95. The van der Waals surface area contributed by atoms with Gasteiger partial charge in [0.1, 0.15) is 11.4 Å². The van der Waals surface area contributed by atoms with Crippen LogP contribution in [0.15, 0.2) is 6.07 Å². The van der Waals surface area contributed by atoms with Gasteiger partial charge in [-0.25, -0.2) is 9.78 Å². The van der Waals surface area contributed by atoms with Crippen LogP contribution in [0.4, 0.5) is 5.82 Å². The van der Waals surface area contributed by atoms with Crippen molar-refractivity contribution in [1.29, 1.82) is 0 Å². The predicted octanol–water partition coefficient (Wildman–Crippen LogP) is 2.07. The number of nitrogens with zero attached hydrogens (tertiary/aromatic N) is 3. The molecule has 3 rings (SSSR count). The molecule has 114 valence electrons. The van der Waals surface area contributed by atoms with Crippen molar-refractivity contribution in [2.45, 2.75) is 39.2 Å². The van der Waals surface area contributed by atoms with Crippen molar-refractivity contribution in [3.05, 3.63) is 22.9 Å². The van der Waals surface area contributed by atoms with Gasteiger partial charge < -0.3 is 10.0 Å². The molecular formula is C16H23N3O2. The van der Waals surface area contributed by atoms with Gasteiger partial charge in [0.2, 0.25) is 0 Å². The third-order valence-electron chi connectivity index (χ3n) is 4.64. The second-order valence-electron chi connectivity index (χ2n) is 6.22. The van der Waals surface area contributed by atoms with Gasteiger partial charge in [-0.2, -0.15) is 0 Å². The van der Waals surface area contributed by atoms with E-state index >= 15 is 0 Å². The molecule has 1 aromatic rings. The van der Waals surface area contributed by atoms with Crippen LogP contribution < -0.4 is 4.90 Å². The van der Waals surface area contributed by atoms with Gasteiger partial charge in [0, 0.05) is 31.4 Å². The Morgan fingerprint density at radius 1 is 1.29 bits per heavy atom. The first kappa shape index (κ1) is 14.3. The van der Waals surface area contributed by atoms with Crippen LogP contribution in [0.2, 0.25) is 0 Å². The number of pyridine rings is 1. The smallest absolute Gasteiger partial charge is 0.339 e. The monoisotopic (exact) mass is 289 g/mol. The molecule has 5 nitrogen and oxygen atoms in total. The molecule has 0 saturated carbocycles. The van der Waals surface area contributed by atoms with E-state index in [1.54, 1.807) is 0 Å². The van der Waals surface area contributed by atoms with Crippen molar-refractivity contribution in [1.82, 2.24) is 9.88 Å². The summed E-state index contributed by atoms with van der Waals surface area (Å²) in [5.41, 5.74) is 2.06. The SMILES string of the molecule is Cc1cc(C)c(C(=O)O)c(N2CCCN3CCCC3C2)n1. The Morgan fingerprint density at radius 2 is 2.05 bits per heavy atom. The van der Waals surface area contributed by atoms with Crippen LogP contribution in [0.1, 0.15) is 40.9 Å². The first-order chi connectivity index (χ1) is 10.1. The zero-order valence-corrected chi connectivity index (χ0v) is 12.8. The Bertz CT molecular complexity index is 559. The van der Waals surface area contributed by atoms with Gasteiger partial charge in [0.15, 0.2) is 0 Å². The lowest BCUT2D eigenvalue weighted by Crippen LogP contribution is -2.37. The molecule has 0 amide bonds. The predicted molar refractivity (Wildman–Crippen MR) is 82.1 cm³/mol. The summed E-state index contributed by atoms with van der Waals surface area (Å²) in [5.74, 6) is -0.212. The average molecular weight is 289 g/mol. The summed E-state index contributed by atoms with van der Waals surface area (Å²) < 4.78 is 0. The van der Waals surface area contributed by atoms with E-state index < -0.39 is 5.97 Å². The topological polar surface area (TPSA) is 56.7 Å². The van der Waals surface area contributed by atoms with Crippen LogP contribution in [-0.4, -0.2) is 53.2 Å². The van der Waals surface area contributed by atoms with Crippen LogP contribution in [0.25, 0.3) is 0 Å². The maximum atomic E-state index is 11.6. The molecule has 5 heteroatoms. The lowest BCUT2D eigenvalue weighted by atomic mass is 10.1. The molecule has 0 radical (unpaired) electrons. The number of carboxylic acids is 1. The summed E-state index contributed by atoms with van der Waals surface area (Å²) in [4.78, 5) is 20.9. The third-order valence-corrected chi connectivity index (χ3v) is 4.64. The van der Waals surface area contributed by atoms with E-state index in [0.29, 0.717) is 17.4 Å². The minimum absolute atomic E-state index is 0.368. The number of carboxylic acid groups (broad SMARTS) is 1. The third kappa shape index (κ3) is 2.75. The van der Waals surface area contributed by atoms with Crippen molar-refractivity contribution in [2.24, 2.45) is 0 Å². The molecule has 1 aromatic heterocycles. The number of hydrogen-bond donors (Lipinski definition) is 1. The fraction of sp³-hybridized carbons (Fsp3) is 0.625. The van der Waals surface area contributed by atoms with Crippen LogP contribution in [0.5, 0.6) is 0 Å². The summed E-state index contributed by atoms with van der Waals surface area (Å²) in [7, 11) is 0. The van der Waals surface area contributed by atoms with E-state index in [-0.39, 0.29) is 0 Å². The highest BCUT2D eigenvalue weighted by atomic mass is 16.4. The molecule has 1 N–H and O–H groups in total. The number of aromatic nitrogens is 1. The molecule has 2 aliphatic rings. The Morgan fingerprint density at radius 3 is 2.81 bits per heavy atom. The quantitative estimate of drug-likeness (QED) is 0.903. The fourth-order valence-corrected chi connectivity index (χ4v) is 3.71.